The van der Waals surface area contributed by atoms with E-state index in [9.17, 15) is 4.79 Å². The quantitative estimate of drug-likeness (QED) is 0.608. The van der Waals surface area contributed by atoms with Gasteiger partial charge in [-0.3, -0.25) is 4.79 Å². The maximum atomic E-state index is 12.5. The average Bonchev–Trinajstić information content (AvgIpc) is 3.17. The topological polar surface area (TPSA) is 78.7 Å². The van der Waals surface area contributed by atoms with Gasteiger partial charge in [-0.2, -0.15) is 0 Å². The van der Waals surface area contributed by atoms with Gasteiger partial charge in [0.1, 0.15) is 11.5 Å². The molecule has 1 unspecified atom stereocenters. The Morgan fingerprint density at radius 1 is 1.21 bits per heavy atom. The van der Waals surface area contributed by atoms with Crippen molar-refractivity contribution in [3.8, 4) is 11.5 Å². The average molecular weight is 421 g/mol. The Morgan fingerprint density at radius 2 is 1.93 bits per heavy atom. The molecule has 0 radical (unpaired) electrons. The molecule has 1 saturated heterocycles. The number of carbonyl (C=O) groups excluding carboxylic acids is 1. The summed E-state index contributed by atoms with van der Waals surface area (Å²) in [5.41, 5.74) is 0. The summed E-state index contributed by atoms with van der Waals surface area (Å²) in [6.07, 6.45) is -0.304. The molecule has 29 heavy (non-hydrogen) atoms. The summed E-state index contributed by atoms with van der Waals surface area (Å²) < 4.78 is 18.7. The van der Waals surface area contributed by atoms with Crippen molar-refractivity contribution >= 4 is 17.7 Å². The number of nitrogens with zero attached hydrogens (tertiary/aromatic N) is 4. The second-order valence-electron chi connectivity index (χ2n) is 7.03. The number of thioether (sulfide) groups is 1. The molecule has 9 heteroatoms. The third kappa shape index (κ3) is 5.42. The summed E-state index contributed by atoms with van der Waals surface area (Å²) in [5, 5.41) is 9.40. The lowest BCUT2D eigenvalue weighted by atomic mass is 10.3. The standard InChI is InChI=1S/C20H28N4O4S/c1-14(2)24-19(15(3)28-17-7-5-6-16(12-17)26-4)21-22-20(24)29-13-18(25)23-8-10-27-11-9-23/h5-7,12,14-15H,8-11,13H2,1-4H3. The fourth-order valence-electron chi connectivity index (χ4n) is 3.11. The molecule has 0 aliphatic carbocycles. The van der Waals surface area contributed by atoms with Crippen LogP contribution in [0.25, 0.3) is 0 Å². The molecular formula is C20H28N4O4S. The minimum absolute atomic E-state index is 0.0961. The van der Waals surface area contributed by atoms with Crippen molar-refractivity contribution < 1.29 is 19.0 Å². The van der Waals surface area contributed by atoms with E-state index in [1.165, 1.54) is 11.8 Å². The Balaban J connectivity index is 1.69. The number of morpholine rings is 1. The van der Waals surface area contributed by atoms with Crippen molar-refractivity contribution in [3.05, 3.63) is 30.1 Å². The molecule has 1 atom stereocenters. The molecule has 1 amide bonds. The molecule has 1 aliphatic rings. The maximum Gasteiger partial charge on any atom is 0.233 e. The number of aromatic nitrogens is 3. The zero-order valence-electron chi connectivity index (χ0n) is 17.3. The van der Waals surface area contributed by atoms with Gasteiger partial charge in [0.25, 0.3) is 0 Å². The van der Waals surface area contributed by atoms with E-state index in [1.807, 2.05) is 40.7 Å². The van der Waals surface area contributed by atoms with E-state index in [4.69, 9.17) is 14.2 Å². The normalized spacial score (nSPS) is 15.4. The van der Waals surface area contributed by atoms with Gasteiger partial charge < -0.3 is 23.7 Å². The summed E-state index contributed by atoms with van der Waals surface area (Å²) in [7, 11) is 1.62. The van der Waals surface area contributed by atoms with Gasteiger partial charge in [0.2, 0.25) is 5.91 Å². The fraction of sp³-hybridized carbons (Fsp3) is 0.550. The molecule has 1 aromatic carbocycles. The van der Waals surface area contributed by atoms with Gasteiger partial charge in [0, 0.05) is 25.2 Å². The Bertz CT molecular complexity index is 821. The molecule has 1 fully saturated rings. The molecule has 0 bridgehead atoms. The molecule has 0 N–H and O–H groups in total. The van der Waals surface area contributed by atoms with Gasteiger partial charge in [-0.05, 0) is 32.9 Å². The van der Waals surface area contributed by atoms with Crippen LogP contribution in [0.4, 0.5) is 0 Å². The van der Waals surface area contributed by atoms with Gasteiger partial charge in [-0.15, -0.1) is 10.2 Å². The van der Waals surface area contributed by atoms with Crippen LogP contribution in [-0.2, 0) is 9.53 Å². The van der Waals surface area contributed by atoms with Gasteiger partial charge in [-0.1, -0.05) is 17.8 Å². The van der Waals surface area contributed by atoms with E-state index >= 15 is 0 Å². The van der Waals surface area contributed by atoms with Crippen LogP contribution in [0.3, 0.4) is 0 Å². The number of amides is 1. The Labute approximate surface area is 175 Å². The summed E-state index contributed by atoms with van der Waals surface area (Å²) >= 11 is 1.41. The Hall–Kier alpha value is -2.26. The van der Waals surface area contributed by atoms with Gasteiger partial charge >= 0.3 is 0 Å². The number of carbonyl (C=O) groups is 1. The molecule has 8 nitrogen and oxygen atoms in total. The third-order valence-corrected chi connectivity index (χ3v) is 5.54. The second-order valence-corrected chi connectivity index (χ2v) is 7.97. The molecule has 1 aromatic heterocycles. The van der Waals surface area contributed by atoms with Crippen LogP contribution in [-0.4, -0.2) is 64.7 Å². The lowest BCUT2D eigenvalue weighted by Crippen LogP contribution is -2.41. The first-order valence-corrected chi connectivity index (χ1v) is 10.7. The van der Waals surface area contributed by atoms with Crippen LogP contribution in [0.15, 0.2) is 29.4 Å². The highest BCUT2D eigenvalue weighted by atomic mass is 32.2. The van der Waals surface area contributed by atoms with E-state index in [2.05, 4.69) is 24.0 Å². The molecule has 2 aromatic rings. The fourth-order valence-corrected chi connectivity index (χ4v) is 4.09. The van der Waals surface area contributed by atoms with Crippen LogP contribution in [0.5, 0.6) is 11.5 Å². The SMILES string of the molecule is COc1cccc(OC(C)c2nnc(SCC(=O)N3CCOCC3)n2C(C)C)c1. The first kappa shape index (κ1) is 21.4. The summed E-state index contributed by atoms with van der Waals surface area (Å²) in [4.78, 5) is 14.3. The van der Waals surface area contributed by atoms with Crippen LogP contribution in [0.2, 0.25) is 0 Å². The number of hydrogen-bond donors (Lipinski definition) is 0. The first-order valence-electron chi connectivity index (χ1n) is 9.73. The minimum Gasteiger partial charge on any atom is -0.497 e. The van der Waals surface area contributed by atoms with E-state index in [0.29, 0.717) is 37.8 Å². The first-order chi connectivity index (χ1) is 14.0. The van der Waals surface area contributed by atoms with Gasteiger partial charge in [-0.25, -0.2) is 0 Å². The number of hydrogen-bond acceptors (Lipinski definition) is 7. The Kier molecular flexibility index (Phi) is 7.38. The molecule has 0 spiro atoms. The van der Waals surface area contributed by atoms with E-state index < -0.39 is 0 Å². The van der Waals surface area contributed by atoms with Crippen molar-refractivity contribution in [2.75, 3.05) is 39.2 Å². The zero-order valence-corrected chi connectivity index (χ0v) is 18.1. The highest BCUT2D eigenvalue weighted by Gasteiger charge is 2.23. The molecule has 1 aliphatic heterocycles. The molecule has 158 valence electrons. The molecule has 3 rings (SSSR count). The van der Waals surface area contributed by atoms with Crippen molar-refractivity contribution in [2.24, 2.45) is 0 Å². The third-order valence-electron chi connectivity index (χ3n) is 4.61. The Morgan fingerprint density at radius 3 is 2.62 bits per heavy atom. The summed E-state index contributed by atoms with van der Waals surface area (Å²) in [6, 6.07) is 7.60. The number of benzene rings is 1. The van der Waals surface area contributed by atoms with Crippen LogP contribution in [0.1, 0.15) is 38.7 Å². The number of rotatable bonds is 8. The highest BCUT2D eigenvalue weighted by Crippen LogP contribution is 2.29. The molecule has 0 saturated carbocycles. The maximum absolute atomic E-state index is 12.5. The van der Waals surface area contributed by atoms with Crippen LogP contribution in [0, 0.1) is 0 Å². The van der Waals surface area contributed by atoms with Gasteiger partial charge in [0.05, 0.1) is 26.1 Å². The van der Waals surface area contributed by atoms with E-state index in [0.717, 1.165) is 16.7 Å². The predicted molar refractivity (Wildman–Crippen MR) is 111 cm³/mol. The van der Waals surface area contributed by atoms with Crippen LogP contribution < -0.4 is 9.47 Å². The van der Waals surface area contributed by atoms with Crippen molar-refractivity contribution in [1.82, 2.24) is 19.7 Å². The minimum atomic E-state index is -0.304. The number of ether oxygens (including phenoxy) is 3. The lowest BCUT2D eigenvalue weighted by molar-refractivity contribution is -0.132. The molecular weight excluding hydrogens is 392 g/mol. The van der Waals surface area contributed by atoms with Crippen LogP contribution >= 0.6 is 11.8 Å². The molecule has 2 heterocycles. The second kappa shape index (κ2) is 9.98. The predicted octanol–water partition coefficient (Wildman–Crippen LogP) is 2.96. The summed E-state index contributed by atoms with van der Waals surface area (Å²) in [6.45, 7) is 8.57. The smallest absolute Gasteiger partial charge is 0.233 e. The van der Waals surface area contributed by atoms with Crippen molar-refractivity contribution in [3.63, 3.8) is 0 Å². The highest BCUT2D eigenvalue weighted by molar-refractivity contribution is 7.99. The van der Waals surface area contributed by atoms with E-state index in [-0.39, 0.29) is 18.1 Å². The van der Waals surface area contributed by atoms with Crippen molar-refractivity contribution in [1.29, 1.82) is 0 Å². The monoisotopic (exact) mass is 420 g/mol. The lowest BCUT2D eigenvalue weighted by Gasteiger charge is -2.26. The number of methoxy groups -OCH3 is 1. The summed E-state index contributed by atoms with van der Waals surface area (Å²) in [5.74, 6) is 2.59. The van der Waals surface area contributed by atoms with E-state index in [1.54, 1.807) is 7.11 Å². The zero-order chi connectivity index (χ0) is 20.8. The largest absolute Gasteiger partial charge is 0.497 e. The van der Waals surface area contributed by atoms with Gasteiger partial charge in [0.15, 0.2) is 17.1 Å². The van der Waals surface area contributed by atoms with Crippen molar-refractivity contribution in [2.45, 2.75) is 38.1 Å².